The topological polar surface area (TPSA) is 80.6 Å². The highest BCUT2D eigenvalue weighted by Crippen LogP contribution is 2.16. The molecule has 0 aliphatic heterocycles. The maximum Gasteiger partial charge on any atom is 0.291 e. The SMILES string of the molecule is COc1ccc(C=C(NC(=O)c2ccco2)C(=O)Nc2ccc(I)cc2)cc1. The van der Waals surface area contributed by atoms with Crippen LogP contribution in [0.2, 0.25) is 0 Å². The first-order valence-electron chi connectivity index (χ1n) is 8.32. The van der Waals surface area contributed by atoms with E-state index in [9.17, 15) is 9.59 Å². The third-order valence-electron chi connectivity index (χ3n) is 3.77. The van der Waals surface area contributed by atoms with Gasteiger partial charge in [-0.15, -0.1) is 0 Å². The normalized spacial score (nSPS) is 11.0. The minimum Gasteiger partial charge on any atom is -0.497 e. The number of nitrogens with one attached hydrogen (secondary N) is 2. The van der Waals surface area contributed by atoms with Crippen LogP contribution in [0.4, 0.5) is 5.69 Å². The monoisotopic (exact) mass is 488 g/mol. The van der Waals surface area contributed by atoms with Gasteiger partial charge in [0.1, 0.15) is 11.4 Å². The van der Waals surface area contributed by atoms with E-state index in [4.69, 9.17) is 9.15 Å². The molecule has 3 aromatic rings. The number of methoxy groups -OCH3 is 1. The van der Waals surface area contributed by atoms with Gasteiger partial charge in [-0.2, -0.15) is 0 Å². The van der Waals surface area contributed by atoms with Crippen LogP contribution in [0.25, 0.3) is 6.08 Å². The van der Waals surface area contributed by atoms with Crippen LogP contribution in [0.15, 0.2) is 77.0 Å². The number of carbonyl (C=O) groups is 2. The third-order valence-corrected chi connectivity index (χ3v) is 4.49. The first-order valence-corrected chi connectivity index (χ1v) is 9.40. The van der Waals surface area contributed by atoms with Crippen LogP contribution >= 0.6 is 22.6 Å². The van der Waals surface area contributed by atoms with Crippen LogP contribution < -0.4 is 15.4 Å². The summed E-state index contributed by atoms with van der Waals surface area (Å²) >= 11 is 2.18. The molecule has 0 radical (unpaired) electrons. The molecule has 0 saturated carbocycles. The molecule has 0 fully saturated rings. The van der Waals surface area contributed by atoms with E-state index in [1.807, 2.05) is 12.1 Å². The molecule has 1 aromatic heterocycles. The van der Waals surface area contributed by atoms with Crippen molar-refractivity contribution in [1.29, 1.82) is 0 Å². The van der Waals surface area contributed by atoms with E-state index in [2.05, 4.69) is 33.2 Å². The number of rotatable bonds is 6. The Kier molecular flexibility index (Phi) is 6.49. The summed E-state index contributed by atoms with van der Waals surface area (Å²) in [7, 11) is 1.58. The highest BCUT2D eigenvalue weighted by molar-refractivity contribution is 14.1. The Bertz CT molecular complexity index is 978. The fraction of sp³-hybridized carbons (Fsp3) is 0.0476. The lowest BCUT2D eigenvalue weighted by molar-refractivity contribution is -0.113. The summed E-state index contributed by atoms with van der Waals surface area (Å²) in [6.45, 7) is 0. The summed E-state index contributed by atoms with van der Waals surface area (Å²) in [6, 6.07) is 17.6. The fourth-order valence-electron chi connectivity index (χ4n) is 2.35. The number of anilines is 1. The van der Waals surface area contributed by atoms with Crippen LogP contribution in [-0.4, -0.2) is 18.9 Å². The summed E-state index contributed by atoms with van der Waals surface area (Å²) < 4.78 is 11.3. The smallest absolute Gasteiger partial charge is 0.291 e. The van der Waals surface area contributed by atoms with Crippen molar-refractivity contribution in [2.45, 2.75) is 0 Å². The van der Waals surface area contributed by atoms with Crippen molar-refractivity contribution in [1.82, 2.24) is 5.32 Å². The van der Waals surface area contributed by atoms with Gasteiger partial charge >= 0.3 is 0 Å². The molecule has 6 nitrogen and oxygen atoms in total. The second kappa shape index (κ2) is 9.23. The Morgan fingerprint density at radius 2 is 1.75 bits per heavy atom. The second-order valence-electron chi connectivity index (χ2n) is 5.72. The molecule has 0 spiro atoms. The predicted octanol–water partition coefficient (Wildman–Crippen LogP) is 4.30. The summed E-state index contributed by atoms with van der Waals surface area (Å²) in [6.07, 6.45) is 2.98. The molecule has 0 aliphatic carbocycles. The van der Waals surface area contributed by atoms with Gasteiger partial charge in [0.25, 0.3) is 11.8 Å². The third kappa shape index (κ3) is 5.23. The molecule has 0 saturated heterocycles. The Hall–Kier alpha value is -3.07. The average Bonchev–Trinajstić information content (AvgIpc) is 3.25. The van der Waals surface area contributed by atoms with Crippen molar-refractivity contribution in [3.8, 4) is 5.75 Å². The van der Waals surface area contributed by atoms with Crippen molar-refractivity contribution in [3.05, 3.63) is 87.5 Å². The zero-order valence-electron chi connectivity index (χ0n) is 14.9. The summed E-state index contributed by atoms with van der Waals surface area (Å²) in [5.41, 5.74) is 1.44. The zero-order chi connectivity index (χ0) is 19.9. The molecular weight excluding hydrogens is 471 g/mol. The fourth-order valence-corrected chi connectivity index (χ4v) is 2.71. The summed E-state index contributed by atoms with van der Waals surface area (Å²) in [4.78, 5) is 25.1. The van der Waals surface area contributed by atoms with E-state index in [1.54, 1.807) is 55.7 Å². The Morgan fingerprint density at radius 1 is 1.04 bits per heavy atom. The van der Waals surface area contributed by atoms with Gasteiger partial charge in [-0.05, 0) is 82.8 Å². The first kappa shape index (κ1) is 19.7. The molecule has 1 heterocycles. The van der Waals surface area contributed by atoms with Crippen LogP contribution in [-0.2, 0) is 4.79 Å². The highest BCUT2D eigenvalue weighted by Gasteiger charge is 2.16. The van der Waals surface area contributed by atoms with Gasteiger partial charge in [-0.3, -0.25) is 9.59 Å². The first-order chi connectivity index (χ1) is 13.5. The van der Waals surface area contributed by atoms with Gasteiger partial charge in [0, 0.05) is 9.26 Å². The van der Waals surface area contributed by atoms with E-state index in [1.165, 1.54) is 12.3 Å². The van der Waals surface area contributed by atoms with E-state index in [0.29, 0.717) is 11.4 Å². The van der Waals surface area contributed by atoms with E-state index >= 15 is 0 Å². The molecule has 3 rings (SSSR count). The number of hydrogen-bond donors (Lipinski definition) is 2. The molecule has 2 amide bonds. The van der Waals surface area contributed by atoms with Gasteiger partial charge in [0.15, 0.2) is 5.76 Å². The lowest BCUT2D eigenvalue weighted by atomic mass is 10.1. The minimum absolute atomic E-state index is 0.0881. The molecular formula is C21H17IN2O4. The van der Waals surface area contributed by atoms with E-state index < -0.39 is 11.8 Å². The molecule has 0 unspecified atom stereocenters. The van der Waals surface area contributed by atoms with Gasteiger partial charge in [-0.1, -0.05) is 12.1 Å². The van der Waals surface area contributed by atoms with E-state index in [-0.39, 0.29) is 11.5 Å². The lowest BCUT2D eigenvalue weighted by Crippen LogP contribution is -2.30. The highest BCUT2D eigenvalue weighted by atomic mass is 127. The summed E-state index contributed by atoms with van der Waals surface area (Å²) in [5, 5.41) is 5.39. The number of halogens is 1. The largest absolute Gasteiger partial charge is 0.497 e. The van der Waals surface area contributed by atoms with Crippen LogP contribution in [0.5, 0.6) is 5.75 Å². The Morgan fingerprint density at radius 3 is 2.36 bits per heavy atom. The molecule has 2 N–H and O–H groups in total. The lowest BCUT2D eigenvalue weighted by Gasteiger charge is -2.11. The zero-order valence-corrected chi connectivity index (χ0v) is 17.1. The van der Waals surface area contributed by atoms with Crippen molar-refractivity contribution in [2.75, 3.05) is 12.4 Å². The molecule has 2 aromatic carbocycles. The van der Waals surface area contributed by atoms with Crippen molar-refractivity contribution in [3.63, 3.8) is 0 Å². The van der Waals surface area contributed by atoms with Gasteiger partial charge < -0.3 is 19.8 Å². The van der Waals surface area contributed by atoms with E-state index in [0.717, 1.165) is 9.13 Å². The number of furan rings is 1. The molecule has 142 valence electrons. The quantitative estimate of drug-likeness (QED) is 0.401. The standard InChI is InChI=1S/C21H17IN2O4/c1-27-17-10-4-14(5-11-17)13-18(24-21(26)19-3-2-12-28-19)20(25)23-16-8-6-15(22)7-9-16/h2-13H,1H3,(H,23,25)(H,24,26). The number of ether oxygens (including phenoxy) is 1. The minimum atomic E-state index is -0.512. The van der Waals surface area contributed by atoms with Crippen LogP contribution in [0.1, 0.15) is 16.1 Å². The molecule has 7 heteroatoms. The van der Waals surface area contributed by atoms with Crippen molar-refractivity contribution >= 4 is 46.2 Å². The number of hydrogen-bond acceptors (Lipinski definition) is 4. The summed E-state index contributed by atoms with van der Waals surface area (Å²) in [5.74, 6) is -0.149. The van der Waals surface area contributed by atoms with Crippen molar-refractivity contribution < 1.29 is 18.7 Å². The van der Waals surface area contributed by atoms with Gasteiger partial charge in [0.05, 0.1) is 13.4 Å². The van der Waals surface area contributed by atoms with Gasteiger partial charge in [0.2, 0.25) is 0 Å². The van der Waals surface area contributed by atoms with Crippen LogP contribution in [0, 0.1) is 3.57 Å². The molecule has 0 bridgehead atoms. The Labute approximate surface area is 175 Å². The van der Waals surface area contributed by atoms with Crippen molar-refractivity contribution in [2.24, 2.45) is 0 Å². The average molecular weight is 488 g/mol. The molecule has 28 heavy (non-hydrogen) atoms. The Balaban J connectivity index is 1.85. The van der Waals surface area contributed by atoms with Gasteiger partial charge in [-0.25, -0.2) is 0 Å². The maximum absolute atomic E-state index is 12.8. The van der Waals surface area contributed by atoms with Crippen LogP contribution in [0.3, 0.4) is 0 Å². The number of carbonyl (C=O) groups excluding carboxylic acids is 2. The molecule has 0 aliphatic rings. The number of amides is 2. The number of benzene rings is 2. The molecule has 0 atom stereocenters. The second-order valence-corrected chi connectivity index (χ2v) is 6.97. The maximum atomic E-state index is 12.8. The predicted molar refractivity (Wildman–Crippen MR) is 115 cm³/mol.